The van der Waals surface area contributed by atoms with Crippen LogP contribution in [0.5, 0.6) is 0 Å². The molecule has 0 atom stereocenters. The number of anilines is 1. The molecule has 1 aliphatic carbocycles. The number of nitrogens with zero attached hydrogens (tertiary/aromatic N) is 1. The molecule has 4 rings (SSSR count). The Hall–Kier alpha value is -3.68. The minimum atomic E-state index is -5.38. The highest BCUT2D eigenvalue weighted by Gasteiger charge is 2.46. The molecule has 2 aromatic carbocycles. The lowest BCUT2D eigenvalue weighted by Gasteiger charge is -2.27. The summed E-state index contributed by atoms with van der Waals surface area (Å²) in [6.45, 7) is 1.18. The molecule has 244 valence electrons. The van der Waals surface area contributed by atoms with Crippen molar-refractivity contribution >= 4 is 41.3 Å². The molecule has 1 saturated carbocycles. The van der Waals surface area contributed by atoms with Crippen molar-refractivity contribution in [1.29, 1.82) is 0 Å². The van der Waals surface area contributed by atoms with Crippen LogP contribution in [0.1, 0.15) is 61.6 Å². The lowest BCUT2D eigenvalue weighted by molar-refractivity contribution is -0.163. The predicted octanol–water partition coefficient (Wildman–Crippen LogP) is 7.07. The number of carbonyl (C=O) groups excluding carboxylic acids is 2. The van der Waals surface area contributed by atoms with Crippen molar-refractivity contribution in [3.63, 3.8) is 0 Å². The van der Waals surface area contributed by atoms with Crippen LogP contribution in [0.25, 0.3) is 6.08 Å². The van der Waals surface area contributed by atoms with E-state index < -0.39 is 51.7 Å². The normalized spacial score (nSPS) is 19.2. The number of carboxylic acid groups (broad SMARTS) is 1. The Bertz CT molecular complexity index is 1420. The molecule has 7 nitrogen and oxygen atoms in total. The molecule has 0 bridgehead atoms. The van der Waals surface area contributed by atoms with Crippen LogP contribution in [0.3, 0.4) is 0 Å². The number of hydrogen-bond donors (Lipinski definition) is 3. The molecule has 2 amide bonds. The number of halogens is 6. The fourth-order valence-corrected chi connectivity index (χ4v) is 6.60. The van der Waals surface area contributed by atoms with Gasteiger partial charge in [0.05, 0.1) is 17.0 Å². The van der Waals surface area contributed by atoms with Crippen molar-refractivity contribution in [3.05, 3.63) is 59.2 Å². The zero-order valence-electron chi connectivity index (χ0n) is 24.1. The third kappa shape index (κ3) is 9.41. The maximum atomic E-state index is 14.3. The maximum absolute atomic E-state index is 14.3. The van der Waals surface area contributed by atoms with Crippen molar-refractivity contribution in [1.82, 2.24) is 10.2 Å². The molecular weight excluding hydrogens is 624 g/mol. The van der Waals surface area contributed by atoms with Crippen LogP contribution < -0.4 is 10.6 Å². The molecule has 0 aromatic heterocycles. The van der Waals surface area contributed by atoms with Gasteiger partial charge in [-0.2, -0.15) is 26.3 Å². The Morgan fingerprint density at radius 2 is 1.71 bits per heavy atom. The highest BCUT2D eigenvalue weighted by molar-refractivity contribution is 7.99. The van der Waals surface area contributed by atoms with Gasteiger partial charge >= 0.3 is 18.3 Å². The summed E-state index contributed by atoms with van der Waals surface area (Å²) in [6, 6.07) is 8.11. The van der Waals surface area contributed by atoms with E-state index in [0.717, 1.165) is 30.7 Å². The molecule has 2 aromatic rings. The fourth-order valence-electron chi connectivity index (χ4n) is 5.55. The summed E-state index contributed by atoms with van der Waals surface area (Å²) >= 11 is 0.540. The van der Waals surface area contributed by atoms with Gasteiger partial charge in [-0.15, -0.1) is 0 Å². The van der Waals surface area contributed by atoms with Crippen LogP contribution in [0.15, 0.2) is 52.3 Å². The van der Waals surface area contributed by atoms with Crippen molar-refractivity contribution in [2.75, 3.05) is 25.0 Å². The first-order chi connectivity index (χ1) is 21.2. The van der Waals surface area contributed by atoms with Gasteiger partial charge in [0.15, 0.2) is 0 Å². The van der Waals surface area contributed by atoms with Gasteiger partial charge in [0.2, 0.25) is 11.8 Å². The van der Waals surface area contributed by atoms with Gasteiger partial charge in [-0.25, -0.2) is 0 Å². The number of carbonyl (C=O) groups is 3. The quantitative estimate of drug-likeness (QED) is 0.136. The summed E-state index contributed by atoms with van der Waals surface area (Å²) in [5.74, 6) is -2.02. The molecular formula is C31H33F6N3O4S. The van der Waals surface area contributed by atoms with Crippen LogP contribution in [-0.2, 0) is 26.7 Å². The lowest BCUT2D eigenvalue weighted by atomic mass is 9.86. The number of benzene rings is 2. The Morgan fingerprint density at radius 3 is 2.33 bits per heavy atom. The average molecular weight is 658 g/mol. The van der Waals surface area contributed by atoms with Crippen molar-refractivity contribution in [3.8, 4) is 0 Å². The number of likely N-dealkylation sites (tertiary alicyclic amines) is 1. The van der Waals surface area contributed by atoms with Crippen molar-refractivity contribution in [2.24, 2.45) is 5.92 Å². The standard InChI is InChI=1S/C31H33F6N3O4S/c32-30(33,34)27-19(10-14-25(41)38-15-3-17-40-16-2-6-26(40)42)9-13-24(28(27)31(35,36)37)45-23-5-1-4-22(18-23)39-21-11-7-20(8-12-21)29(43)44/h1,4-5,9-10,13-14,18,20-21,39H,2-3,6-8,11-12,15-17H2,(H,38,41)(H,43,44)/b14-10+. The van der Waals surface area contributed by atoms with Gasteiger partial charge in [-0.3, -0.25) is 14.4 Å². The molecule has 2 aliphatic rings. The monoisotopic (exact) mass is 657 g/mol. The molecule has 1 saturated heterocycles. The smallest absolute Gasteiger partial charge is 0.418 e. The fraction of sp³-hybridized carbons (Fsp3) is 0.452. The van der Waals surface area contributed by atoms with Crippen LogP contribution in [-0.4, -0.2) is 53.5 Å². The van der Waals surface area contributed by atoms with E-state index in [-0.39, 0.29) is 23.4 Å². The topological polar surface area (TPSA) is 98.7 Å². The first-order valence-electron chi connectivity index (χ1n) is 14.5. The zero-order valence-corrected chi connectivity index (χ0v) is 25.0. The summed E-state index contributed by atoms with van der Waals surface area (Å²) in [4.78, 5) is 36.4. The van der Waals surface area contributed by atoms with Gasteiger partial charge in [0.25, 0.3) is 0 Å². The molecule has 0 radical (unpaired) electrons. The first-order valence-corrected chi connectivity index (χ1v) is 15.4. The number of carboxylic acids is 1. The van der Waals surface area contributed by atoms with Crippen LogP contribution in [0.2, 0.25) is 0 Å². The molecule has 1 heterocycles. The highest BCUT2D eigenvalue weighted by Crippen LogP contribution is 2.48. The Morgan fingerprint density at radius 1 is 1.00 bits per heavy atom. The number of aliphatic carboxylic acids is 1. The molecule has 1 aliphatic heterocycles. The number of rotatable bonds is 11. The number of amides is 2. The van der Waals surface area contributed by atoms with E-state index in [1.165, 1.54) is 6.07 Å². The Kier molecular flexibility index (Phi) is 11.1. The van der Waals surface area contributed by atoms with E-state index in [4.69, 9.17) is 0 Å². The van der Waals surface area contributed by atoms with E-state index in [2.05, 4.69) is 10.6 Å². The SMILES string of the molecule is O=C(/C=C/c1ccc(Sc2cccc(NC3CCC(C(=O)O)CC3)c2)c(C(F)(F)F)c1C(F)(F)F)NCCCN1CCCC1=O. The summed E-state index contributed by atoms with van der Waals surface area (Å²) in [6.07, 6.45) is -5.45. The second-order valence-electron chi connectivity index (χ2n) is 11.0. The van der Waals surface area contributed by atoms with Crippen LogP contribution >= 0.6 is 11.8 Å². The van der Waals surface area contributed by atoms with E-state index in [1.807, 2.05) is 0 Å². The van der Waals surface area contributed by atoms with E-state index in [0.29, 0.717) is 69.1 Å². The van der Waals surface area contributed by atoms with Crippen molar-refractivity contribution < 1.29 is 45.8 Å². The summed E-state index contributed by atoms with van der Waals surface area (Å²) in [7, 11) is 0. The predicted molar refractivity (Wildman–Crippen MR) is 156 cm³/mol. The minimum absolute atomic E-state index is 0.0176. The molecule has 0 unspecified atom stereocenters. The second-order valence-corrected chi connectivity index (χ2v) is 12.1. The summed E-state index contributed by atoms with van der Waals surface area (Å²) in [5, 5.41) is 14.9. The van der Waals surface area contributed by atoms with Crippen LogP contribution in [0, 0.1) is 5.92 Å². The number of hydrogen-bond acceptors (Lipinski definition) is 5. The average Bonchev–Trinajstić information content (AvgIpc) is 3.38. The highest BCUT2D eigenvalue weighted by atomic mass is 32.2. The zero-order chi connectivity index (χ0) is 32.8. The number of nitrogens with one attached hydrogen (secondary N) is 2. The molecule has 14 heteroatoms. The molecule has 45 heavy (non-hydrogen) atoms. The van der Waals surface area contributed by atoms with E-state index in [9.17, 15) is 45.8 Å². The van der Waals surface area contributed by atoms with Gasteiger partial charge in [-0.1, -0.05) is 23.9 Å². The number of alkyl halides is 6. The Labute approximate surface area is 260 Å². The van der Waals surface area contributed by atoms with E-state index in [1.54, 1.807) is 23.1 Å². The van der Waals surface area contributed by atoms with Crippen molar-refractivity contribution in [2.45, 2.75) is 73.1 Å². The molecule has 3 N–H and O–H groups in total. The van der Waals surface area contributed by atoms with Crippen LogP contribution in [0.4, 0.5) is 32.0 Å². The largest absolute Gasteiger partial charge is 0.481 e. The third-order valence-electron chi connectivity index (χ3n) is 7.77. The van der Waals surface area contributed by atoms with E-state index >= 15 is 0 Å². The second kappa shape index (κ2) is 14.6. The third-order valence-corrected chi connectivity index (χ3v) is 8.81. The van der Waals surface area contributed by atoms with Gasteiger partial charge in [0.1, 0.15) is 0 Å². The van der Waals surface area contributed by atoms with Gasteiger partial charge in [-0.05, 0) is 74.4 Å². The van der Waals surface area contributed by atoms with Gasteiger partial charge < -0.3 is 20.6 Å². The summed E-state index contributed by atoms with van der Waals surface area (Å²) < 4.78 is 85.3. The maximum Gasteiger partial charge on any atom is 0.418 e. The summed E-state index contributed by atoms with van der Waals surface area (Å²) in [5.41, 5.74) is -3.98. The molecule has 0 spiro atoms. The minimum Gasteiger partial charge on any atom is -0.481 e. The lowest BCUT2D eigenvalue weighted by Crippen LogP contribution is -2.30. The molecule has 2 fully saturated rings. The Balaban J connectivity index is 1.49. The van der Waals surface area contributed by atoms with Gasteiger partial charge in [0, 0.05) is 53.7 Å². The first kappa shape index (κ1) is 34.2.